The van der Waals surface area contributed by atoms with Gasteiger partial charge in [0, 0.05) is 17.5 Å². The molecule has 0 saturated carbocycles. The number of amides is 1. The van der Waals surface area contributed by atoms with Crippen molar-refractivity contribution in [3.8, 4) is 0 Å². The first-order valence-corrected chi connectivity index (χ1v) is 5.50. The minimum Gasteiger partial charge on any atom is -0.468 e. The number of nitrogens with one attached hydrogen (secondary N) is 2. The molecule has 2 aromatic rings. The Labute approximate surface area is 112 Å². The second-order valence-corrected chi connectivity index (χ2v) is 3.82. The molecule has 1 aromatic heterocycles. The number of non-ortho nitro benzene ring substituents is 1. The van der Waals surface area contributed by atoms with Crippen molar-refractivity contribution in [3.63, 3.8) is 0 Å². The molecule has 1 heterocycles. The van der Waals surface area contributed by atoms with E-state index in [0.29, 0.717) is 10.9 Å². The van der Waals surface area contributed by atoms with Crippen LogP contribution < -0.4 is 5.32 Å². The minimum absolute atomic E-state index is 0.0544. The van der Waals surface area contributed by atoms with Gasteiger partial charge in [-0.25, -0.2) is 0 Å². The molecule has 0 aliphatic rings. The number of aromatic nitrogens is 2. The van der Waals surface area contributed by atoms with E-state index in [1.165, 1.54) is 25.3 Å². The van der Waals surface area contributed by atoms with Gasteiger partial charge in [-0.05, 0) is 6.07 Å². The number of H-pyrrole nitrogens is 1. The highest BCUT2D eigenvalue weighted by atomic mass is 16.6. The largest absolute Gasteiger partial charge is 0.468 e. The monoisotopic (exact) mass is 278 g/mol. The summed E-state index contributed by atoms with van der Waals surface area (Å²) in [6, 6.07) is 3.97. The lowest BCUT2D eigenvalue weighted by atomic mass is 10.2. The smallest absolute Gasteiger partial charge is 0.325 e. The highest BCUT2D eigenvalue weighted by molar-refractivity contribution is 6.05. The summed E-state index contributed by atoms with van der Waals surface area (Å²) in [5.74, 6) is -1.16. The number of nitrogens with zero attached hydrogens (tertiary/aromatic N) is 2. The lowest BCUT2D eigenvalue weighted by molar-refractivity contribution is -0.384. The van der Waals surface area contributed by atoms with Crippen LogP contribution in [-0.4, -0.2) is 40.7 Å². The Balaban J connectivity index is 2.25. The molecule has 0 bridgehead atoms. The van der Waals surface area contributed by atoms with Crippen LogP contribution in [0.1, 0.15) is 10.5 Å². The molecule has 0 radical (unpaired) electrons. The molecule has 1 amide bonds. The highest BCUT2D eigenvalue weighted by Gasteiger charge is 2.17. The van der Waals surface area contributed by atoms with Crippen molar-refractivity contribution in [1.29, 1.82) is 0 Å². The number of fused-ring (bicyclic) bond motifs is 1. The van der Waals surface area contributed by atoms with Gasteiger partial charge in [-0.15, -0.1) is 0 Å². The lowest BCUT2D eigenvalue weighted by Crippen LogP contribution is -2.30. The van der Waals surface area contributed by atoms with Gasteiger partial charge >= 0.3 is 5.97 Å². The second-order valence-electron chi connectivity index (χ2n) is 3.82. The quantitative estimate of drug-likeness (QED) is 0.472. The Hall–Kier alpha value is -2.97. The van der Waals surface area contributed by atoms with Crippen LogP contribution in [0.5, 0.6) is 0 Å². The molecule has 104 valence electrons. The van der Waals surface area contributed by atoms with Crippen molar-refractivity contribution < 1.29 is 19.2 Å². The molecular formula is C11H10N4O5. The molecule has 0 spiro atoms. The summed E-state index contributed by atoms with van der Waals surface area (Å²) in [7, 11) is 1.21. The Kier molecular flexibility index (Phi) is 3.60. The van der Waals surface area contributed by atoms with E-state index in [9.17, 15) is 19.7 Å². The third kappa shape index (κ3) is 2.55. The number of hydrogen-bond acceptors (Lipinski definition) is 6. The summed E-state index contributed by atoms with van der Waals surface area (Å²) in [6.07, 6.45) is 0. The third-order valence-electron chi connectivity index (χ3n) is 2.59. The number of esters is 1. The number of methoxy groups -OCH3 is 1. The summed E-state index contributed by atoms with van der Waals surface area (Å²) >= 11 is 0. The summed E-state index contributed by atoms with van der Waals surface area (Å²) in [4.78, 5) is 32.8. The zero-order valence-electron chi connectivity index (χ0n) is 10.4. The van der Waals surface area contributed by atoms with E-state index >= 15 is 0 Å². The van der Waals surface area contributed by atoms with Crippen LogP contribution in [0.25, 0.3) is 10.9 Å². The fourth-order valence-corrected chi connectivity index (χ4v) is 1.60. The van der Waals surface area contributed by atoms with Gasteiger partial charge in [-0.2, -0.15) is 5.10 Å². The number of nitro groups is 1. The van der Waals surface area contributed by atoms with Crippen molar-refractivity contribution in [3.05, 3.63) is 34.0 Å². The van der Waals surface area contributed by atoms with Crippen LogP contribution in [0.4, 0.5) is 5.69 Å². The minimum atomic E-state index is -0.589. The molecule has 2 rings (SSSR count). The number of benzene rings is 1. The van der Waals surface area contributed by atoms with Gasteiger partial charge in [0.25, 0.3) is 11.6 Å². The Morgan fingerprint density at radius 1 is 1.50 bits per heavy atom. The molecule has 2 N–H and O–H groups in total. The number of rotatable bonds is 4. The number of nitro benzene ring substituents is 1. The van der Waals surface area contributed by atoms with E-state index in [2.05, 4.69) is 20.3 Å². The molecular weight excluding hydrogens is 268 g/mol. The molecule has 9 nitrogen and oxygen atoms in total. The maximum Gasteiger partial charge on any atom is 0.325 e. The summed E-state index contributed by atoms with van der Waals surface area (Å²) in [6.45, 7) is -0.281. The molecule has 0 fully saturated rings. The normalized spacial score (nSPS) is 10.2. The van der Waals surface area contributed by atoms with E-state index in [0.717, 1.165) is 0 Å². The average Bonchev–Trinajstić information content (AvgIpc) is 2.87. The van der Waals surface area contributed by atoms with Gasteiger partial charge < -0.3 is 10.1 Å². The van der Waals surface area contributed by atoms with Gasteiger partial charge in [0.1, 0.15) is 6.54 Å². The number of ether oxygens (including phenoxy) is 1. The van der Waals surface area contributed by atoms with Gasteiger partial charge in [0.2, 0.25) is 0 Å². The Bertz CT molecular complexity index is 693. The summed E-state index contributed by atoms with van der Waals surface area (Å²) in [5, 5.41) is 19.7. The number of carbonyl (C=O) groups excluding carboxylic acids is 2. The topological polar surface area (TPSA) is 127 Å². The first kappa shape index (κ1) is 13.5. The van der Waals surface area contributed by atoms with Crippen molar-refractivity contribution in [2.24, 2.45) is 0 Å². The Morgan fingerprint density at radius 2 is 2.25 bits per heavy atom. The predicted octanol–water partition coefficient (Wildman–Crippen LogP) is 0.374. The third-order valence-corrected chi connectivity index (χ3v) is 2.59. The van der Waals surface area contributed by atoms with Crippen molar-refractivity contribution in [1.82, 2.24) is 15.5 Å². The maximum absolute atomic E-state index is 11.8. The highest BCUT2D eigenvalue weighted by Crippen LogP contribution is 2.21. The van der Waals surface area contributed by atoms with E-state index in [4.69, 9.17) is 0 Å². The van der Waals surface area contributed by atoms with Crippen molar-refractivity contribution in [2.75, 3.05) is 13.7 Å². The van der Waals surface area contributed by atoms with Gasteiger partial charge in [0.15, 0.2) is 5.69 Å². The molecule has 0 saturated heterocycles. The van der Waals surface area contributed by atoms with Gasteiger partial charge in [-0.1, -0.05) is 0 Å². The lowest BCUT2D eigenvalue weighted by Gasteiger charge is -2.01. The summed E-state index contributed by atoms with van der Waals surface area (Å²) in [5.41, 5.74) is 0.309. The zero-order chi connectivity index (χ0) is 14.7. The van der Waals surface area contributed by atoms with E-state index in [1.54, 1.807) is 0 Å². The summed E-state index contributed by atoms with van der Waals surface area (Å²) < 4.78 is 4.39. The van der Waals surface area contributed by atoms with Crippen LogP contribution in [0.2, 0.25) is 0 Å². The van der Waals surface area contributed by atoms with E-state index in [-0.39, 0.29) is 17.9 Å². The zero-order valence-corrected chi connectivity index (χ0v) is 10.4. The first-order chi connectivity index (χ1) is 9.52. The fraction of sp³-hybridized carbons (Fsp3) is 0.182. The number of aromatic amines is 1. The standard InChI is InChI=1S/C11H10N4O5/c1-20-9(16)5-12-11(17)10-7-3-2-6(15(18)19)4-8(7)13-14-10/h2-4H,5H2,1H3,(H,12,17)(H,13,14). The van der Waals surface area contributed by atoms with Crippen LogP contribution in [-0.2, 0) is 9.53 Å². The molecule has 0 unspecified atom stereocenters. The molecule has 20 heavy (non-hydrogen) atoms. The van der Waals surface area contributed by atoms with Crippen LogP contribution in [0.3, 0.4) is 0 Å². The average molecular weight is 278 g/mol. The van der Waals surface area contributed by atoms with E-state index < -0.39 is 16.8 Å². The first-order valence-electron chi connectivity index (χ1n) is 5.50. The van der Waals surface area contributed by atoms with Gasteiger partial charge in [0.05, 0.1) is 17.5 Å². The van der Waals surface area contributed by atoms with Crippen LogP contribution in [0.15, 0.2) is 18.2 Å². The van der Waals surface area contributed by atoms with Crippen molar-refractivity contribution >= 4 is 28.5 Å². The van der Waals surface area contributed by atoms with Crippen LogP contribution in [0, 0.1) is 10.1 Å². The molecule has 9 heteroatoms. The molecule has 0 aliphatic carbocycles. The maximum atomic E-state index is 11.8. The molecule has 1 aromatic carbocycles. The number of hydrogen-bond donors (Lipinski definition) is 2. The van der Waals surface area contributed by atoms with E-state index in [1.807, 2.05) is 0 Å². The predicted molar refractivity (Wildman–Crippen MR) is 67.1 cm³/mol. The van der Waals surface area contributed by atoms with Crippen molar-refractivity contribution in [2.45, 2.75) is 0 Å². The molecule has 0 aliphatic heterocycles. The SMILES string of the molecule is COC(=O)CNC(=O)c1n[nH]c2cc([N+](=O)[O-])ccc12. The van der Waals surface area contributed by atoms with Crippen LogP contribution >= 0.6 is 0 Å². The number of carbonyl (C=O) groups is 2. The fourth-order valence-electron chi connectivity index (χ4n) is 1.60. The second kappa shape index (κ2) is 5.34. The Morgan fingerprint density at radius 3 is 2.90 bits per heavy atom. The van der Waals surface area contributed by atoms with Gasteiger partial charge in [-0.3, -0.25) is 24.8 Å². The molecule has 0 atom stereocenters.